The first-order valence-electron chi connectivity index (χ1n) is 6.89. The van der Waals surface area contributed by atoms with Crippen LogP contribution in [0.15, 0.2) is 12.1 Å². The summed E-state index contributed by atoms with van der Waals surface area (Å²) in [6.07, 6.45) is 2.34. The molecule has 3 rings (SSSR count). The molecule has 1 amide bonds. The molecule has 0 spiro atoms. The average Bonchev–Trinajstić information content (AvgIpc) is 3.08. The third-order valence-corrected chi connectivity index (χ3v) is 4.36. The van der Waals surface area contributed by atoms with Crippen LogP contribution in [0, 0.1) is 17.7 Å². The van der Waals surface area contributed by atoms with E-state index in [-0.39, 0.29) is 17.8 Å². The number of amides is 1. The first kappa shape index (κ1) is 12.6. The van der Waals surface area contributed by atoms with Crippen molar-refractivity contribution < 1.29 is 9.18 Å². The van der Waals surface area contributed by atoms with Gasteiger partial charge in [0.2, 0.25) is 5.91 Å². The lowest BCUT2D eigenvalue weighted by Gasteiger charge is -2.22. The second kappa shape index (κ2) is 4.60. The molecule has 1 saturated carbocycles. The number of benzene rings is 1. The van der Waals surface area contributed by atoms with Gasteiger partial charge in [-0.25, -0.2) is 4.39 Å². The molecular weight excluding hydrogens is 243 g/mol. The second-order valence-corrected chi connectivity index (χ2v) is 5.72. The van der Waals surface area contributed by atoms with E-state index in [0.29, 0.717) is 30.4 Å². The Bertz CT molecular complexity index is 529. The Morgan fingerprint density at radius 1 is 1.42 bits per heavy atom. The van der Waals surface area contributed by atoms with Gasteiger partial charge in [-0.2, -0.15) is 0 Å². The molecule has 1 aromatic rings. The topological polar surface area (TPSA) is 41.1 Å². The minimum atomic E-state index is -0.223. The number of halogens is 1. The first-order valence-corrected chi connectivity index (χ1v) is 6.89. The van der Waals surface area contributed by atoms with E-state index in [1.54, 1.807) is 0 Å². The first-order chi connectivity index (χ1) is 9.10. The molecule has 2 aliphatic rings. The van der Waals surface area contributed by atoms with Crippen LogP contribution in [0.25, 0.3) is 0 Å². The zero-order valence-corrected chi connectivity index (χ0v) is 11.3. The van der Waals surface area contributed by atoms with Crippen LogP contribution < -0.4 is 10.6 Å². The number of rotatable bonds is 3. The summed E-state index contributed by atoms with van der Waals surface area (Å²) < 4.78 is 14.3. The number of hydrogen-bond acceptors (Lipinski definition) is 2. The highest BCUT2D eigenvalue weighted by Crippen LogP contribution is 2.47. The lowest BCUT2D eigenvalue weighted by Crippen LogP contribution is -2.23. The summed E-state index contributed by atoms with van der Waals surface area (Å²) in [5.74, 6) is 0.934. The van der Waals surface area contributed by atoms with Gasteiger partial charge in [-0.3, -0.25) is 4.79 Å². The Kier molecular flexibility index (Phi) is 3.05. The van der Waals surface area contributed by atoms with Crippen LogP contribution in [0.3, 0.4) is 0 Å². The van der Waals surface area contributed by atoms with E-state index in [9.17, 15) is 9.18 Å². The van der Waals surface area contributed by atoms with E-state index < -0.39 is 0 Å². The molecule has 1 heterocycles. The number of anilines is 1. The van der Waals surface area contributed by atoms with Crippen molar-refractivity contribution in [3.05, 3.63) is 29.1 Å². The molecule has 0 saturated heterocycles. The molecule has 0 aromatic heterocycles. The fraction of sp³-hybridized carbons (Fsp3) is 0.533. The van der Waals surface area contributed by atoms with E-state index >= 15 is 0 Å². The number of carbonyl (C=O) groups is 1. The van der Waals surface area contributed by atoms with Gasteiger partial charge >= 0.3 is 0 Å². The van der Waals surface area contributed by atoms with Crippen molar-refractivity contribution in [2.75, 3.05) is 12.4 Å². The molecule has 3 unspecified atom stereocenters. The summed E-state index contributed by atoms with van der Waals surface area (Å²) in [6.45, 7) is 2.20. The lowest BCUT2D eigenvalue weighted by molar-refractivity contribution is -0.116. The highest BCUT2D eigenvalue weighted by molar-refractivity contribution is 5.93. The maximum Gasteiger partial charge on any atom is 0.224 e. The molecule has 1 aromatic carbocycles. The van der Waals surface area contributed by atoms with Gasteiger partial charge in [-0.15, -0.1) is 0 Å². The third kappa shape index (κ3) is 2.25. The standard InChI is InChI=1S/C15H19FN2O/c1-8-5-10(8)15(17-2)11-6-9-3-4-14(19)18-13(9)7-12(11)16/h6-8,10,15,17H,3-5H2,1-2H3,(H,18,19). The van der Waals surface area contributed by atoms with Crippen LogP contribution in [-0.2, 0) is 11.2 Å². The van der Waals surface area contributed by atoms with Gasteiger partial charge in [0.15, 0.2) is 0 Å². The largest absolute Gasteiger partial charge is 0.326 e. The van der Waals surface area contributed by atoms with Gasteiger partial charge in [0.05, 0.1) is 0 Å². The quantitative estimate of drug-likeness (QED) is 0.879. The second-order valence-electron chi connectivity index (χ2n) is 5.72. The van der Waals surface area contributed by atoms with Gasteiger partial charge in [0, 0.05) is 23.7 Å². The Balaban J connectivity index is 1.95. The Labute approximate surface area is 112 Å². The van der Waals surface area contributed by atoms with Crippen LogP contribution in [0.2, 0.25) is 0 Å². The van der Waals surface area contributed by atoms with E-state index in [0.717, 1.165) is 17.5 Å². The molecule has 4 heteroatoms. The molecule has 19 heavy (non-hydrogen) atoms. The van der Waals surface area contributed by atoms with Crippen LogP contribution in [0.1, 0.15) is 36.9 Å². The average molecular weight is 262 g/mol. The molecule has 0 bridgehead atoms. The fourth-order valence-electron chi connectivity index (χ4n) is 3.08. The summed E-state index contributed by atoms with van der Waals surface area (Å²) in [6, 6.07) is 3.48. The molecule has 102 valence electrons. The van der Waals surface area contributed by atoms with Gasteiger partial charge in [0.1, 0.15) is 5.82 Å². The van der Waals surface area contributed by atoms with Crippen LogP contribution in [-0.4, -0.2) is 13.0 Å². The Hall–Kier alpha value is -1.42. The monoisotopic (exact) mass is 262 g/mol. The zero-order valence-electron chi connectivity index (χ0n) is 11.3. The molecule has 3 nitrogen and oxygen atoms in total. The molecule has 1 fully saturated rings. The molecular formula is C15H19FN2O. The van der Waals surface area contributed by atoms with Crippen molar-refractivity contribution in [3.8, 4) is 0 Å². The van der Waals surface area contributed by atoms with Crippen LogP contribution >= 0.6 is 0 Å². The van der Waals surface area contributed by atoms with Gasteiger partial charge in [0.25, 0.3) is 0 Å². The van der Waals surface area contributed by atoms with Crippen molar-refractivity contribution in [2.45, 2.75) is 32.2 Å². The molecule has 1 aliphatic heterocycles. The van der Waals surface area contributed by atoms with Crippen LogP contribution in [0.5, 0.6) is 0 Å². The molecule has 3 atom stereocenters. The van der Waals surface area contributed by atoms with Crippen molar-refractivity contribution in [3.63, 3.8) is 0 Å². The number of carbonyl (C=O) groups excluding carboxylic acids is 1. The maximum atomic E-state index is 14.3. The predicted octanol–water partition coefficient (Wildman–Crippen LogP) is 2.63. The van der Waals surface area contributed by atoms with Crippen molar-refractivity contribution in [1.29, 1.82) is 0 Å². The summed E-state index contributed by atoms with van der Waals surface area (Å²) in [5.41, 5.74) is 2.42. The van der Waals surface area contributed by atoms with Gasteiger partial charge < -0.3 is 10.6 Å². The number of aryl methyl sites for hydroxylation is 1. The minimum absolute atomic E-state index is 0.0272. The van der Waals surface area contributed by atoms with Crippen molar-refractivity contribution in [2.24, 2.45) is 11.8 Å². The lowest BCUT2D eigenvalue weighted by atomic mass is 9.94. The van der Waals surface area contributed by atoms with E-state index in [2.05, 4.69) is 17.6 Å². The van der Waals surface area contributed by atoms with Crippen molar-refractivity contribution >= 4 is 11.6 Å². The third-order valence-electron chi connectivity index (χ3n) is 4.36. The van der Waals surface area contributed by atoms with E-state index in [1.165, 1.54) is 6.07 Å². The SMILES string of the molecule is CNC(c1cc2c(cc1F)NC(=O)CC2)C1CC1C. The molecule has 2 N–H and O–H groups in total. The number of hydrogen-bond donors (Lipinski definition) is 2. The Morgan fingerprint density at radius 3 is 2.79 bits per heavy atom. The van der Waals surface area contributed by atoms with E-state index in [4.69, 9.17) is 0 Å². The zero-order chi connectivity index (χ0) is 13.6. The van der Waals surface area contributed by atoms with Crippen LogP contribution in [0.4, 0.5) is 10.1 Å². The Morgan fingerprint density at radius 2 is 2.16 bits per heavy atom. The summed E-state index contributed by atoms with van der Waals surface area (Å²) >= 11 is 0. The highest BCUT2D eigenvalue weighted by atomic mass is 19.1. The fourth-order valence-corrected chi connectivity index (χ4v) is 3.08. The summed E-state index contributed by atoms with van der Waals surface area (Å²) in [7, 11) is 1.89. The highest BCUT2D eigenvalue weighted by Gasteiger charge is 2.40. The van der Waals surface area contributed by atoms with Gasteiger partial charge in [-0.05, 0) is 49.4 Å². The van der Waals surface area contributed by atoms with Gasteiger partial charge in [-0.1, -0.05) is 6.92 Å². The molecule has 1 aliphatic carbocycles. The number of fused-ring (bicyclic) bond motifs is 1. The summed E-state index contributed by atoms with van der Waals surface area (Å²) in [4.78, 5) is 11.3. The predicted molar refractivity (Wildman–Crippen MR) is 72.4 cm³/mol. The molecule has 0 radical (unpaired) electrons. The maximum absolute atomic E-state index is 14.3. The summed E-state index contributed by atoms with van der Waals surface area (Å²) in [5, 5.41) is 5.98. The minimum Gasteiger partial charge on any atom is -0.326 e. The smallest absolute Gasteiger partial charge is 0.224 e. The normalized spacial score (nSPS) is 26.6. The number of nitrogens with one attached hydrogen (secondary N) is 2. The van der Waals surface area contributed by atoms with E-state index in [1.807, 2.05) is 13.1 Å². The van der Waals surface area contributed by atoms with Crippen molar-refractivity contribution in [1.82, 2.24) is 5.32 Å².